The molecule has 0 saturated heterocycles. The van der Waals surface area contributed by atoms with Crippen LogP contribution in [0.25, 0.3) is 9.53 Å². The van der Waals surface area contributed by atoms with Crippen LogP contribution in [0.5, 0.6) is 0 Å². The summed E-state index contributed by atoms with van der Waals surface area (Å²) >= 11 is 2.91. The lowest BCUT2D eigenvalue weighted by Gasteiger charge is -2.01. The predicted octanol–water partition coefficient (Wildman–Crippen LogP) is 6.46. The van der Waals surface area contributed by atoms with Gasteiger partial charge in [0.1, 0.15) is 26.4 Å². The number of ketones is 3. The van der Waals surface area contributed by atoms with Gasteiger partial charge in [-0.05, 0) is 43.2 Å². The molecule has 8 heteroatoms. The molecule has 2 heterocycles. The number of aromatic nitrogens is 1. The van der Waals surface area contributed by atoms with Crippen LogP contribution in [0.15, 0.2) is 64.8 Å². The average Bonchev–Trinajstić information content (AvgIpc) is 3.31. The molecule has 0 unspecified atom stereocenters. The fourth-order valence-corrected chi connectivity index (χ4v) is 5.35. The van der Waals surface area contributed by atoms with Crippen molar-refractivity contribution >= 4 is 60.2 Å². The molecule has 0 aliphatic heterocycles. The summed E-state index contributed by atoms with van der Waals surface area (Å²) in [5, 5.41) is 10.1. The Labute approximate surface area is 199 Å². The normalized spacial score (nSPS) is 11.3. The molecule has 0 saturated carbocycles. The van der Waals surface area contributed by atoms with Gasteiger partial charge in [-0.3, -0.25) is 14.4 Å². The maximum Gasteiger partial charge on any atom is 0.169 e. The Morgan fingerprint density at radius 2 is 1.39 bits per heavy atom. The van der Waals surface area contributed by atoms with Crippen LogP contribution in [0.3, 0.4) is 0 Å². The SMILES string of the molecule is CC(=O)Cc1ccc(N=Nc2cc3sc(CC(=O)c4ccc(CC(C)=O)cc4)nc3s2)cc1. The van der Waals surface area contributed by atoms with Gasteiger partial charge in [0.2, 0.25) is 0 Å². The number of thiophene rings is 1. The van der Waals surface area contributed by atoms with E-state index in [-0.39, 0.29) is 23.8 Å². The highest BCUT2D eigenvalue weighted by Gasteiger charge is 2.14. The van der Waals surface area contributed by atoms with Gasteiger partial charge in [0.15, 0.2) is 5.78 Å². The number of fused-ring (bicyclic) bond motifs is 1. The third-order valence-corrected chi connectivity index (χ3v) is 6.86. The Kier molecular flexibility index (Phi) is 6.96. The minimum absolute atomic E-state index is 0.00101. The summed E-state index contributed by atoms with van der Waals surface area (Å²) in [5.41, 5.74) is 3.19. The Balaban J connectivity index is 1.39. The topological polar surface area (TPSA) is 88.8 Å². The molecule has 0 bridgehead atoms. The Hall–Kier alpha value is -3.36. The molecule has 0 N–H and O–H groups in total. The number of Topliss-reactive ketones (excluding diaryl/α,β-unsaturated/α-hetero) is 3. The molecule has 166 valence electrons. The first-order valence-corrected chi connectivity index (χ1v) is 12.0. The van der Waals surface area contributed by atoms with E-state index in [1.165, 1.54) is 22.7 Å². The second kappa shape index (κ2) is 10.1. The van der Waals surface area contributed by atoms with E-state index in [1.807, 2.05) is 42.5 Å². The van der Waals surface area contributed by atoms with Gasteiger partial charge < -0.3 is 0 Å². The van der Waals surface area contributed by atoms with Gasteiger partial charge in [-0.1, -0.05) is 47.7 Å². The molecule has 0 radical (unpaired) electrons. The van der Waals surface area contributed by atoms with Crippen molar-refractivity contribution in [2.24, 2.45) is 10.2 Å². The highest BCUT2D eigenvalue weighted by molar-refractivity contribution is 7.29. The van der Waals surface area contributed by atoms with Gasteiger partial charge in [-0.15, -0.1) is 21.6 Å². The van der Waals surface area contributed by atoms with E-state index in [9.17, 15) is 14.4 Å². The Bertz CT molecular complexity index is 1320. The summed E-state index contributed by atoms with van der Waals surface area (Å²) in [6, 6.07) is 16.5. The van der Waals surface area contributed by atoms with E-state index in [1.54, 1.807) is 26.0 Å². The number of rotatable bonds is 9. The van der Waals surface area contributed by atoms with Crippen LogP contribution in [-0.4, -0.2) is 22.3 Å². The third kappa shape index (κ3) is 6.12. The van der Waals surface area contributed by atoms with Crippen molar-refractivity contribution in [1.29, 1.82) is 0 Å². The van der Waals surface area contributed by atoms with E-state index in [0.29, 0.717) is 24.1 Å². The van der Waals surface area contributed by atoms with Crippen LogP contribution in [0.4, 0.5) is 10.7 Å². The van der Waals surface area contributed by atoms with E-state index in [0.717, 1.165) is 30.7 Å². The van der Waals surface area contributed by atoms with Gasteiger partial charge >= 0.3 is 0 Å². The van der Waals surface area contributed by atoms with Gasteiger partial charge in [-0.25, -0.2) is 4.98 Å². The number of azo groups is 1. The zero-order valence-corrected chi connectivity index (χ0v) is 19.8. The van der Waals surface area contributed by atoms with Crippen molar-refractivity contribution in [2.45, 2.75) is 33.1 Å². The molecule has 4 aromatic rings. The highest BCUT2D eigenvalue weighted by atomic mass is 32.1. The predicted molar refractivity (Wildman–Crippen MR) is 131 cm³/mol. The number of nitrogens with zero attached hydrogens (tertiary/aromatic N) is 3. The monoisotopic (exact) mass is 475 g/mol. The van der Waals surface area contributed by atoms with E-state index >= 15 is 0 Å². The van der Waals surface area contributed by atoms with Crippen molar-refractivity contribution in [3.8, 4) is 0 Å². The molecule has 2 aromatic heterocycles. The summed E-state index contributed by atoms with van der Waals surface area (Å²) in [6.45, 7) is 3.12. The van der Waals surface area contributed by atoms with E-state index in [4.69, 9.17) is 0 Å². The molecule has 0 atom stereocenters. The van der Waals surface area contributed by atoms with Crippen molar-refractivity contribution in [2.75, 3.05) is 0 Å². The molecule has 0 fully saturated rings. The zero-order valence-electron chi connectivity index (χ0n) is 18.2. The van der Waals surface area contributed by atoms with Crippen molar-refractivity contribution in [3.63, 3.8) is 0 Å². The van der Waals surface area contributed by atoms with Crippen LogP contribution in [0.2, 0.25) is 0 Å². The largest absolute Gasteiger partial charge is 0.300 e. The minimum atomic E-state index is -0.00101. The van der Waals surface area contributed by atoms with Crippen LogP contribution in [0.1, 0.15) is 40.3 Å². The third-order valence-electron chi connectivity index (χ3n) is 4.81. The Morgan fingerprint density at radius 1 is 0.788 bits per heavy atom. The van der Waals surface area contributed by atoms with Gasteiger partial charge in [0.05, 0.1) is 16.8 Å². The lowest BCUT2D eigenvalue weighted by molar-refractivity contribution is -0.117. The number of carbonyl (C=O) groups excluding carboxylic acids is 3. The van der Waals surface area contributed by atoms with Crippen molar-refractivity contribution in [3.05, 3.63) is 76.3 Å². The van der Waals surface area contributed by atoms with E-state index in [2.05, 4.69) is 15.2 Å². The lowest BCUT2D eigenvalue weighted by Crippen LogP contribution is -2.04. The number of benzene rings is 2. The summed E-state index contributed by atoms with van der Waals surface area (Å²) < 4.78 is 0.977. The molecule has 0 aliphatic rings. The standard InChI is InChI=1S/C25H21N3O3S2/c1-15(29)11-17-3-7-19(8-4-17)21(31)13-23-26-25-22(32-23)14-24(33-25)28-27-20-9-5-18(6-10-20)12-16(2)30/h3-10,14H,11-13H2,1-2H3. The first kappa shape index (κ1) is 22.8. The maximum absolute atomic E-state index is 12.6. The Morgan fingerprint density at radius 3 is 1.97 bits per heavy atom. The molecule has 0 amide bonds. The minimum Gasteiger partial charge on any atom is -0.300 e. The summed E-state index contributed by atoms with van der Waals surface area (Å²) in [5.74, 6) is 0.219. The van der Waals surface area contributed by atoms with Crippen LogP contribution < -0.4 is 0 Å². The summed E-state index contributed by atoms with van der Waals surface area (Å²) in [4.78, 5) is 40.4. The lowest BCUT2D eigenvalue weighted by atomic mass is 10.0. The molecular formula is C25H21N3O3S2. The number of hydrogen-bond acceptors (Lipinski definition) is 8. The highest BCUT2D eigenvalue weighted by Crippen LogP contribution is 2.36. The molecule has 0 aliphatic carbocycles. The van der Waals surface area contributed by atoms with Gasteiger partial charge in [0.25, 0.3) is 0 Å². The second-order valence-corrected chi connectivity index (χ2v) is 9.91. The second-order valence-electron chi connectivity index (χ2n) is 7.78. The fraction of sp³-hybridized carbons (Fsp3) is 0.200. The molecule has 2 aromatic carbocycles. The average molecular weight is 476 g/mol. The fourth-order valence-electron chi connectivity index (χ4n) is 3.30. The first-order valence-electron chi connectivity index (χ1n) is 10.4. The molecule has 33 heavy (non-hydrogen) atoms. The maximum atomic E-state index is 12.6. The van der Waals surface area contributed by atoms with E-state index < -0.39 is 0 Å². The molecule has 4 rings (SSSR count). The van der Waals surface area contributed by atoms with Gasteiger partial charge in [-0.2, -0.15) is 0 Å². The summed E-state index contributed by atoms with van der Waals surface area (Å²) in [6.07, 6.45) is 1.03. The quantitative estimate of drug-likeness (QED) is 0.205. The van der Waals surface area contributed by atoms with Crippen LogP contribution in [0, 0.1) is 0 Å². The number of carbonyl (C=O) groups is 3. The molecular weight excluding hydrogens is 454 g/mol. The van der Waals surface area contributed by atoms with Crippen molar-refractivity contribution < 1.29 is 14.4 Å². The molecule has 6 nitrogen and oxygen atoms in total. The number of hydrogen-bond donors (Lipinski definition) is 0. The van der Waals surface area contributed by atoms with Gasteiger partial charge in [0, 0.05) is 18.4 Å². The van der Waals surface area contributed by atoms with Crippen LogP contribution in [-0.2, 0) is 28.9 Å². The smallest absolute Gasteiger partial charge is 0.169 e. The number of thiazole rings is 1. The zero-order chi connectivity index (χ0) is 23.4. The van der Waals surface area contributed by atoms with Crippen LogP contribution >= 0.6 is 22.7 Å². The summed E-state index contributed by atoms with van der Waals surface area (Å²) in [7, 11) is 0. The first-order chi connectivity index (χ1) is 15.9. The van der Waals surface area contributed by atoms with Crippen molar-refractivity contribution in [1.82, 2.24) is 4.98 Å². The molecule has 0 spiro atoms.